The van der Waals surface area contributed by atoms with Crippen LogP contribution in [0, 0.1) is 0 Å². The van der Waals surface area contributed by atoms with Crippen molar-refractivity contribution >= 4 is 5.91 Å². The van der Waals surface area contributed by atoms with E-state index in [9.17, 15) is 10.0 Å². The third-order valence-electron chi connectivity index (χ3n) is 1.83. The van der Waals surface area contributed by atoms with Gasteiger partial charge in [-0.2, -0.15) is 0 Å². The maximum Gasteiger partial charge on any atom is 0.254 e. The lowest BCUT2D eigenvalue weighted by atomic mass is 10.0. The van der Waals surface area contributed by atoms with Crippen LogP contribution in [0.15, 0.2) is 18.5 Å². The van der Waals surface area contributed by atoms with E-state index in [1.54, 1.807) is 12.3 Å². The van der Waals surface area contributed by atoms with Crippen molar-refractivity contribution in [3.8, 4) is 0 Å². The first kappa shape index (κ1) is 9.51. The van der Waals surface area contributed by atoms with E-state index in [1.165, 1.54) is 6.20 Å². The largest absolute Gasteiger partial charge is 0.365 e. The minimum absolute atomic E-state index is 0.248. The molecule has 0 fully saturated rings. The number of amides is 1. The molecule has 1 heterocycles. The van der Waals surface area contributed by atoms with Gasteiger partial charge in [0.15, 0.2) is 0 Å². The number of nitrogens with zero attached hydrogens (tertiary/aromatic N) is 1. The van der Waals surface area contributed by atoms with Crippen molar-refractivity contribution in [3.05, 3.63) is 29.6 Å². The zero-order valence-corrected chi connectivity index (χ0v) is 7.69. The van der Waals surface area contributed by atoms with Crippen molar-refractivity contribution in [3.63, 3.8) is 0 Å². The van der Waals surface area contributed by atoms with E-state index >= 15 is 0 Å². The Balaban J connectivity index is 3.19. The van der Waals surface area contributed by atoms with Gasteiger partial charge in [-0.3, -0.25) is 10.0 Å². The number of carbonyl (C=O) groups is 1. The average Bonchev–Trinajstić information content (AvgIpc) is 2.03. The second-order valence-electron chi connectivity index (χ2n) is 3.26. The Labute approximate surface area is 76.6 Å². The third-order valence-corrected chi connectivity index (χ3v) is 1.83. The average molecular weight is 181 g/mol. The second-order valence-corrected chi connectivity index (χ2v) is 3.26. The van der Waals surface area contributed by atoms with Gasteiger partial charge in [-0.25, -0.2) is 0 Å². The van der Waals surface area contributed by atoms with Gasteiger partial charge in [0.05, 0.1) is 0 Å². The smallest absolute Gasteiger partial charge is 0.254 e. The van der Waals surface area contributed by atoms with Crippen LogP contribution in [0.1, 0.15) is 35.7 Å². The molecule has 1 aromatic heterocycles. The van der Waals surface area contributed by atoms with Crippen LogP contribution in [0.5, 0.6) is 0 Å². The van der Waals surface area contributed by atoms with Crippen LogP contribution in [-0.4, -0.2) is 11.1 Å². The van der Waals surface area contributed by atoms with E-state index in [4.69, 9.17) is 5.73 Å². The zero-order valence-electron chi connectivity index (χ0n) is 7.69. The molecular formula is C9H13N2O2+. The van der Waals surface area contributed by atoms with Gasteiger partial charge < -0.3 is 5.73 Å². The van der Waals surface area contributed by atoms with Gasteiger partial charge in [-0.1, -0.05) is 13.8 Å². The fourth-order valence-corrected chi connectivity index (χ4v) is 1.04. The van der Waals surface area contributed by atoms with Crippen molar-refractivity contribution in [2.24, 2.45) is 5.73 Å². The summed E-state index contributed by atoms with van der Waals surface area (Å²) in [7, 11) is 0. The highest BCUT2D eigenvalue weighted by molar-refractivity contribution is 5.92. The van der Waals surface area contributed by atoms with E-state index in [0.29, 0.717) is 5.56 Å². The summed E-state index contributed by atoms with van der Waals surface area (Å²) in [5, 5.41) is 9.20. The highest BCUT2D eigenvalue weighted by atomic mass is 16.5. The van der Waals surface area contributed by atoms with Crippen molar-refractivity contribution in [1.82, 2.24) is 0 Å². The SMILES string of the molecule is CC(C)c1cc(C(N)=O)c[n+](O)c1. The number of primary amides is 1. The molecule has 0 saturated heterocycles. The highest BCUT2D eigenvalue weighted by Gasteiger charge is 2.12. The highest BCUT2D eigenvalue weighted by Crippen LogP contribution is 2.12. The van der Waals surface area contributed by atoms with Gasteiger partial charge in [-0.15, -0.1) is 0 Å². The van der Waals surface area contributed by atoms with Gasteiger partial charge >= 0.3 is 0 Å². The molecule has 13 heavy (non-hydrogen) atoms. The van der Waals surface area contributed by atoms with Gasteiger partial charge in [0.1, 0.15) is 5.56 Å². The summed E-state index contributed by atoms with van der Waals surface area (Å²) in [5.41, 5.74) is 6.28. The van der Waals surface area contributed by atoms with Crippen LogP contribution < -0.4 is 10.5 Å². The van der Waals surface area contributed by atoms with Crippen LogP contribution in [0.4, 0.5) is 0 Å². The predicted molar refractivity (Wildman–Crippen MR) is 46.4 cm³/mol. The summed E-state index contributed by atoms with van der Waals surface area (Å²) in [5.74, 6) is -0.289. The fraction of sp³-hybridized carbons (Fsp3) is 0.333. The lowest BCUT2D eigenvalue weighted by molar-refractivity contribution is -0.905. The minimum atomic E-state index is -0.537. The van der Waals surface area contributed by atoms with Crippen LogP contribution in [0.3, 0.4) is 0 Å². The molecule has 0 aliphatic carbocycles. The summed E-state index contributed by atoms with van der Waals surface area (Å²) in [6, 6.07) is 1.68. The monoisotopic (exact) mass is 181 g/mol. The lowest BCUT2D eigenvalue weighted by Crippen LogP contribution is -2.32. The first-order chi connectivity index (χ1) is 6.00. The van der Waals surface area contributed by atoms with Crippen LogP contribution in [-0.2, 0) is 0 Å². The molecule has 1 aromatic rings. The van der Waals surface area contributed by atoms with Gasteiger partial charge in [0.25, 0.3) is 5.91 Å². The van der Waals surface area contributed by atoms with Crippen molar-refractivity contribution in [2.45, 2.75) is 19.8 Å². The maximum atomic E-state index is 10.8. The van der Waals surface area contributed by atoms with E-state index in [1.807, 2.05) is 13.8 Å². The molecule has 0 aromatic carbocycles. The number of rotatable bonds is 2. The molecule has 0 spiro atoms. The predicted octanol–water partition coefficient (Wildman–Crippen LogP) is 0.434. The summed E-state index contributed by atoms with van der Waals surface area (Å²) in [6.45, 7) is 3.94. The Hall–Kier alpha value is -1.58. The molecule has 3 N–H and O–H groups in total. The number of pyridine rings is 1. The molecule has 0 atom stereocenters. The van der Waals surface area contributed by atoms with Crippen molar-refractivity contribution < 1.29 is 14.7 Å². The van der Waals surface area contributed by atoms with E-state index in [-0.39, 0.29) is 5.92 Å². The Morgan fingerprint density at radius 3 is 2.62 bits per heavy atom. The minimum Gasteiger partial charge on any atom is -0.365 e. The molecule has 0 aliphatic rings. The van der Waals surface area contributed by atoms with Crippen LogP contribution >= 0.6 is 0 Å². The molecule has 4 heteroatoms. The number of carbonyl (C=O) groups excluding carboxylic acids is 1. The van der Waals surface area contributed by atoms with Crippen LogP contribution in [0.25, 0.3) is 0 Å². The zero-order chi connectivity index (χ0) is 10.0. The summed E-state index contributed by atoms with van der Waals surface area (Å²) in [6.07, 6.45) is 2.84. The summed E-state index contributed by atoms with van der Waals surface area (Å²) in [4.78, 5) is 10.8. The number of aromatic nitrogens is 1. The van der Waals surface area contributed by atoms with Gasteiger partial charge in [0.2, 0.25) is 12.4 Å². The standard InChI is InChI=1S/C9H12N2O2/c1-6(2)7-3-8(9(10)12)5-11(13)4-7/h3-6H,1-2H3,(H2-,10,12,13)/p+1. The molecule has 0 unspecified atom stereocenters. The van der Waals surface area contributed by atoms with Gasteiger partial charge in [0, 0.05) is 10.3 Å². The molecule has 0 aliphatic heterocycles. The molecular weight excluding hydrogens is 168 g/mol. The number of nitrogens with two attached hydrogens (primary N) is 1. The maximum absolute atomic E-state index is 10.8. The van der Waals surface area contributed by atoms with E-state index < -0.39 is 5.91 Å². The van der Waals surface area contributed by atoms with Gasteiger partial charge in [-0.05, 0) is 12.0 Å². The summed E-state index contributed by atoms with van der Waals surface area (Å²) < 4.78 is 0.857. The fourth-order valence-electron chi connectivity index (χ4n) is 1.04. The Morgan fingerprint density at radius 1 is 1.54 bits per heavy atom. The first-order valence-corrected chi connectivity index (χ1v) is 4.06. The van der Waals surface area contributed by atoms with E-state index in [2.05, 4.69) is 0 Å². The Morgan fingerprint density at radius 2 is 2.15 bits per heavy atom. The molecule has 1 amide bonds. The van der Waals surface area contributed by atoms with Crippen molar-refractivity contribution in [1.29, 1.82) is 0 Å². The molecule has 1 rings (SSSR count). The molecule has 70 valence electrons. The second kappa shape index (κ2) is 3.43. The topological polar surface area (TPSA) is 67.2 Å². The molecule has 0 bridgehead atoms. The normalized spacial score (nSPS) is 10.4. The Bertz CT molecular complexity index is 334. The number of hydrogen-bond donors (Lipinski definition) is 2. The molecule has 0 radical (unpaired) electrons. The summed E-state index contributed by atoms with van der Waals surface area (Å²) >= 11 is 0. The quantitative estimate of drug-likeness (QED) is 0.513. The molecule has 4 nitrogen and oxygen atoms in total. The third kappa shape index (κ3) is 2.18. The number of hydrogen-bond acceptors (Lipinski definition) is 2. The van der Waals surface area contributed by atoms with Crippen molar-refractivity contribution in [2.75, 3.05) is 0 Å². The van der Waals surface area contributed by atoms with E-state index in [0.717, 1.165) is 10.3 Å². The lowest BCUT2D eigenvalue weighted by Gasteiger charge is -2.02. The first-order valence-electron chi connectivity index (χ1n) is 4.06. The Kier molecular flexibility index (Phi) is 2.51. The molecule has 0 saturated carbocycles. The van der Waals surface area contributed by atoms with Crippen LogP contribution in [0.2, 0.25) is 0 Å².